The topological polar surface area (TPSA) is 49.3 Å². The van der Waals surface area contributed by atoms with E-state index in [1.807, 2.05) is 6.07 Å². The van der Waals surface area contributed by atoms with Crippen LogP contribution in [0.1, 0.15) is 30.5 Å². The third-order valence-corrected chi connectivity index (χ3v) is 5.86. The number of rotatable bonds is 5. The highest BCUT2D eigenvalue weighted by atomic mass is 19.3. The summed E-state index contributed by atoms with van der Waals surface area (Å²) < 4.78 is 56.3. The van der Waals surface area contributed by atoms with Gasteiger partial charge in [-0.25, -0.2) is 17.6 Å². The highest BCUT2D eigenvalue weighted by molar-refractivity contribution is 5.88. The van der Waals surface area contributed by atoms with Crippen molar-refractivity contribution in [1.82, 2.24) is 9.88 Å². The van der Waals surface area contributed by atoms with Crippen LogP contribution >= 0.6 is 0 Å². The van der Waals surface area contributed by atoms with Gasteiger partial charge < -0.3 is 15.5 Å². The van der Waals surface area contributed by atoms with Gasteiger partial charge in [-0.15, -0.1) is 0 Å². The summed E-state index contributed by atoms with van der Waals surface area (Å²) in [6.45, 7) is 4.69. The van der Waals surface area contributed by atoms with Gasteiger partial charge >= 0.3 is 0 Å². The normalized spacial score (nSPS) is 15.4. The van der Waals surface area contributed by atoms with E-state index in [1.165, 1.54) is 22.8 Å². The molecule has 0 unspecified atom stereocenters. The quantitative estimate of drug-likeness (QED) is 0.571. The maximum Gasteiger partial charge on any atom is 0.265 e. The van der Waals surface area contributed by atoms with E-state index in [-0.39, 0.29) is 16.6 Å². The van der Waals surface area contributed by atoms with Gasteiger partial charge in [-0.3, -0.25) is 9.36 Å². The van der Waals surface area contributed by atoms with Crippen molar-refractivity contribution in [2.24, 2.45) is 7.05 Å². The van der Waals surface area contributed by atoms with Crippen molar-refractivity contribution in [1.29, 1.82) is 0 Å². The number of piperazine rings is 1. The standard InChI is InChI=1S/C23H24F4N4O/c1-13(29-20-4-3-14(24)9-19(20)22(26)27)16-10-15(25)11-18-17(16)12-21(30(2)23(18)32)31-7-5-28-6-8-31/h3-4,9-13,22,28-29H,5-8H2,1-2H3/t13-/m1/s1. The molecule has 0 amide bonds. The van der Waals surface area contributed by atoms with E-state index < -0.39 is 29.7 Å². The minimum absolute atomic E-state index is 0.0532. The molecule has 0 saturated carbocycles. The molecule has 1 aliphatic rings. The highest BCUT2D eigenvalue weighted by Gasteiger charge is 2.21. The number of hydrogen-bond donors (Lipinski definition) is 2. The Morgan fingerprint density at radius 1 is 0.969 bits per heavy atom. The molecule has 5 nitrogen and oxygen atoms in total. The smallest absolute Gasteiger partial charge is 0.265 e. The first-order valence-corrected chi connectivity index (χ1v) is 10.4. The van der Waals surface area contributed by atoms with Gasteiger partial charge in [-0.2, -0.15) is 0 Å². The lowest BCUT2D eigenvalue weighted by atomic mass is 9.99. The van der Waals surface area contributed by atoms with E-state index in [2.05, 4.69) is 15.5 Å². The molecule has 1 aromatic heterocycles. The second-order valence-corrected chi connectivity index (χ2v) is 7.96. The predicted molar refractivity (Wildman–Crippen MR) is 118 cm³/mol. The van der Waals surface area contributed by atoms with Crippen LogP contribution in [0.25, 0.3) is 10.8 Å². The molecule has 2 heterocycles. The molecule has 0 radical (unpaired) electrons. The van der Waals surface area contributed by atoms with Gasteiger partial charge in [0, 0.05) is 50.5 Å². The first-order chi connectivity index (χ1) is 15.3. The van der Waals surface area contributed by atoms with Crippen molar-refractivity contribution >= 4 is 22.3 Å². The molecular weight excluding hydrogens is 424 g/mol. The van der Waals surface area contributed by atoms with E-state index in [0.717, 1.165) is 38.3 Å². The molecule has 2 N–H and O–H groups in total. The summed E-state index contributed by atoms with van der Waals surface area (Å²) >= 11 is 0. The summed E-state index contributed by atoms with van der Waals surface area (Å²) in [5, 5.41) is 6.96. The summed E-state index contributed by atoms with van der Waals surface area (Å²) in [7, 11) is 1.65. The van der Waals surface area contributed by atoms with E-state index >= 15 is 0 Å². The van der Waals surface area contributed by atoms with Crippen LogP contribution in [-0.4, -0.2) is 30.7 Å². The minimum atomic E-state index is -2.88. The highest BCUT2D eigenvalue weighted by Crippen LogP contribution is 2.33. The van der Waals surface area contributed by atoms with Crippen molar-refractivity contribution in [2.75, 3.05) is 36.4 Å². The van der Waals surface area contributed by atoms with Gasteiger partial charge in [0.25, 0.3) is 12.0 Å². The van der Waals surface area contributed by atoms with Crippen molar-refractivity contribution in [3.8, 4) is 0 Å². The third-order valence-electron chi connectivity index (χ3n) is 5.86. The molecule has 0 bridgehead atoms. The largest absolute Gasteiger partial charge is 0.378 e. The second-order valence-electron chi connectivity index (χ2n) is 7.96. The zero-order valence-electron chi connectivity index (χ0n) is 17.8. The number of aromatic nitrogens is 1. The van der Waals surface area contributed by atoms with Crippen molar-refractivity contribution in [3.05, 3.63) is 69.5 Å². The van der Waals surface area contributed by atoms with E-state index in [1.54, 1.807) is 14.0 Å². The molecule has 1 fully saturated rings. The van der Waals surface area contributed by atoms with Crippen molar-refractivity contribution in [2.45, 2.75) is 19.4 Å². The van der Waals surface area contributed by atoms with Crippen LogP contribution in [0.15, 0.2) is 41.2 Å². The van der Waals surface area contributed by atoms with Gasteiger partial charge in [0.05, 0.1) is 5.39 Å². The van der Waals surface area contributed by atoms with Gasteiger partial charge in [-0.1, -0.05) is 0 Å². The number of anilines is 2. The lowest BCUT2D eigenvalue weighted by Gasteiger charge is -2.31. The van der Waals surface area contributed by atoms with Crippen LogP contribution in [0.5, 0.6) is 0 Å². The Bertz CT molecular complexity index is 1200. The summed E-state index contributed by atoms with van der Waals surface area (Å²) in [5.41, 5.74) is -0.301. The number of pyridine rings is 1. The summed E-state index contributed by atoms with van der Waals surface area (Å²) in [6, 6.07) is 6.81. The zero-order valence-corrected chi connectivity index (χ0v) is 17.8. The monoisotopic (exact) mass is 448 g/mol. The Morgan fingerprint density at radius 3 is 2.34 bits per heavy atom. The first kappa shape index (κ1) is 22.1. The molecule has 4 rings (SSSR count). The maximum atomic E-state index is 14.5. The van der Waals surface area contributed by atoms with Crippen molar-refractivity contribution in [3.63, 3.8) is 0 Å². The molecule has 0 aliphatic carbocycles. The molecule has 2 aromatic carbocycles. The fourth-order valence-electron chi connectivity index (χ4n) is 4.20. The number of benzene rings is 2. The van der Waals surface area contributed by atoms with Crippen LogP contribution in [0.4, 0.5) is 29.1 Å². The number of fused-ring (bicyclic) bond motifs is 1. The number of nitrogens with one attached hydrogen (secondary N) is 2. The summed E-state index contributed by atoms with van der Waals surface area (Å²) in [5.74, 6) is -0.653. The predicted octanol–water partition coefficient (Wildman–Crippen LogP) is 4.34. The molecule has 3 aromatic rings. The third kappa shape index (κ3) is 4.17. The van der Waals surface area contributed by atoms with Gasteiger partial charge in [0.15, 0.2) is 0 Å². The van der Waals surface area contributed by atoms with Gasteiger partial charge in [0.2, 0.25) is 0 Å². The Labute approximate surface area is 182 Å². The Morgan fingerprint density at radius 2 is 1.66 bits per heavy atom. The fourth-order valence-corrected chi connectivity index (χ4v) is 4.20. The van der Waals surface area contributed by atoms with Crippen LogP contribution in [0.3, 0.4) is 0 Å². The van der Waals surface area contributed by atoms with Crippen LogP contribution < -0.4 is 21.1 Å². The summed E-state index contributed by atoms with van der Waals surface area (Å²) in [4.78, 5) is 15.1. The molecular formula is C23H24F4N4O. The SMILES string of the molecule is C[C@@H](Nc1ccc(F)cc1C(F)F)c1cc(F)cc2c(=O)n(C)c(N3CCNCC3)cc12. The average molecular weight is 448 g/mol. The van der Waals surface area contributed by atoms with Gasteiger partial charge in [0.1, 0.15) is 17.5 Å². The molecule has 9 heteroatoms. The van der Waals surface area contributed by atoms with Crippen molar-refractivity contribution < 1.29 is 17.6 Å². The second kappa shape index (κ2) is 8.82. The number of hydrogen-bond acceptors (Lipinski definition) is 4. The van der Waals surface area contributed by atoms with E-state index in [0.29, 0.717) is 16.8 Å². The Hall–Kier alpha value is -3.07. The maximum absolute atomic E-state index is 14.5. The molecule has 170 valence electrons. The Balaban J connectivity index is 1.81. The number of halogens is 4. The van der Waals surface area contributed by atoms with Crippen LogP contribution in [0, 0.1) is 11.6 Å². The first-order valence-electron chi connectivity index (χ1n) is 10.4. The number of alkyl halides is 2. The average Bonchev–Trinajstić information content (AvgIpc) is 2.77. The number of nitrogens with zero attached hydrogens (tertiary/aromatic N) is 2. The van der Waals surface area contributed by atoms with E-state index in [9.17, 15) is 22.4 Å². The lowest BCUT2D eigenvalue weighted by Crippen LogP contribution is -2.45. The Kier molecular flexibility index (Phi) is 6.10. The molecule has 1 saturated heterocycles. The van der Waals surface area contributed by atoms with Gasteiger partial charge in [-0.05, 0) is 54.3 Å². The summed E-state index contributed by atoms with van der Waals surface area (Å²) in [6.07, 6.45) is -2.88. The molecule has 32 heavy (non-hydrogen) atoms. The van der Waals surface area contributed by atoms with E-state index in [4.69, 9.17) is 0 Å². The zero-order chi connectivity index (χ0) is 23.0. The minimum Gasteiger partial charge on any atom is -0.378 e. The molecule has 1 aliphatic heterocycles. The lowest BCUT2D eigenvalue weighted by molar-refractivity contribution is 0.151. The molecule has 1 atom stereocenters. The van der Waals surface area contributed by atoms with Crippen LogP contribution in [0.2, 0.25) is 0 Å². The van der Waals surface area contributed by atoms with Crippen LogP contribution in [-0.2, 0) is 7.05 Å². The molecule has 0 spiro atoms. The fraction of sp³-hybridized carbons (Fsp3) is 0.348.